The first kappa shape index (κ1) is 17.7. The van der Waals surface area contributed by atoms with Crippen molar-refractivity contribution in [3.8, 4) is 0 Å². The van der Waals surface area contributed by atoms with Gasteiger partial charge in [0.2, 0.25) is 10.0 Å². The highest BCUT2D eigenvalue weighted by Gasteiger charge is 2.28. The van der Waals surface area contributed by atoms with Crippen molar-refractivity contribution in [3.05, 3.63) is 0 Å². The van der Waals surface area contributed by atoms with Crippen molar-refractivity contribution >= 4 is 10.0 Å². The molecule has 0 spiro atoms. The van der Waals surface area contributed by atoms with Crippen LogP contribution in [0.2, 0.25) is 0 Å². The summed E-state index contributed by atoms with van der Waals surface area (Å²) in [6.07, 6.45) is -2.48. The monoisotopic (exact) mass is 316 g/mol. The molecule has 8 heteroatoms. The van der Waals surface area contributed by atoms with Crippen molar-refractivity contribution < 1.29 is 21.6 Å². The predicted molar refractivity (Wildman–Crippen MR) is 71.9 cm³/mol. The van der Waals surface area contributed by atoms with Crippen LogP contribution in [0.4, 0.5) is 13.2 Å². The second kappa shape index (κ2) is 7.61. The maximum atomic E-state index is 12.0. The summed E-state index contributed by atoms with van der Waals surface area (Å²) in [5, 5.41) is 3.32. The van der Waals surface area contributed by atoms with Crippen molar-refractivity contribution in [1.82, 2.24) is 10.0 Å². The molecule has 0 aliphatic heterocycles. The van der Waals surface area contributed by atoms with Gasteiger partial charge in [-0.3, -0.25) is 0 Å². The maximum Gasteiger partial charge on any atom is 0.389 e. The molecule has 0 radical (unpaired) electrons. The fourth-order valence-corrected chi connectivity index (χ4v) is 3.87. The van der Waals surface area contributed by atoms with E-state index >= 15 is 0 Å². The molecule has 0 aromatic rings. The second-order valence-corrected chi connectivity index (χ2v) is 7.14. The first-order chi connectivity index (χ1) is 9.22. The van der Waals surface area contributed by atoms with Gasteiger partial charge in [-0.05, 0) is 38.6 Å². The molecular weight excluding hydrogens is 293 g/mol. The first-order valence-corrected chi connectivity index (χ1v) is 8.67. The van der Waals surface area contributed by atoms with Gasteiger partial charge in [0, 0.05) is 18.5 Å². The van der Waals surface area contributed by atoms with E-state index in [0.717, 1.165) is 32.2 Å². The molecule has 0 aromatic carbocycles. The number of sulfonamides is 1. The number of alkyl halides is 3. The van der Waals surface area contributed by atoms with E-state index in [-0.39, 0.29) is 12.5 Å². The van der Waals surface area contributed by atoms with Crippen molar-refractivity contribution in [2.24, 2.45) is 0 Å². The lowest BCUT2D eigenvalue weighted by Crippen LogP contribution is -2.42. The number of rotatable bonds is 7. The molecule has 1 fully saturated rings. The standard InChI is InChI=1S/C12H23F3N2O2S/c1-2-16-10-4-6-11(7-5-10)17-20(18,19)9-3-8-12(13,14)15/h10-11,16-17H,2-9H2,1H3. The van der Waals surface area contributed by atoms with Crippen LogP contribution in [0.5, 0.6) is 0 Å². The number of nitrogens with one attached hydrogen (secondary N) is 2. The molecule has 0 heterocycles. The molecule has 1 aliphatic rings. The second-order valence-electron chi connectivity index (χ2n) is 5.26. The Bertz CT molecular complexity index is 377. The number of halogens is 3. The minimum atomic E-state index is -4.29. The molecule has 2 N–H and O–H groups in total. The van der Waals surface area contributed by atoms with E-state index < -0.39 is 28.4 Å². The van der Waals surface area contributed by atoms with Crippen molar-refractivity contribution in [2.75, 3.05) is 12.3 Å². The Labute approximate surface area is 118 Å². The van der Waals surface area contributed by atoms with Gasteiger partial charge in [-0.25, -0.2) is 13.1 Å². The minimum absolute atomic E-state index is 0.138. The third-order valence-electron chi connectivity index (χ3n) is 3.44. The lowest BCUT2D eigenvalue weighted by molar-refractivity contribution is -0.134. The highest BCUT2D eigenvalue weighted by molar-refractivity contribution is 7.89. The lowest BCUT2D eigenvalue weighted by atomic mass is 9.92. The van der Waals surface area contributed by atoms with Crippen LogP contribution in [0.25, 0.3) is 0 Å². The fourth-order valence-electron chi connectivity index (χ4n) is 2.48. The van der Waals surface area contributed by atoms with Crippen LogP contribution in [0.15, 0.2) is 0 Å². The Morgan fingerprint density at radius 3 is 2.15 bits per heavy atom. The maximum absolute atomic E-state index is 12.0. The summed E-state index contributed by atoms with van der Waals surface area (Å²) in [4.78, 5) is 0. The average molecular weight is 316 g/mol. The zero-order chi connectivity index (χ0) is 15.2. The molecule has 1 rings (SSSR count). The van der Waals surface area contributed by atoms with Crippen LogP contribution < -0.4 is 10.0 Å². The molecular formula is C12H23F3N2O2S. The van der Waals surface area contributed by atoms with Crippen LogP contribution in [0, 0.1) is 0 Å². The largest absolute Gasteiger partial charge is 0.389 e. The lowest BCUT2D eigenvalue weighted by Gasteiger charge is -2.29. The molecule has 0 unspecified atom stereocenters. The zero-order valence-electron chi connectivity index (χ0n) is 11.7. The molecule has 0 bridgehead atoms. The van der Waals surface area contributed by atoms with Gasteiger partial charge >= 0.3 is 6.18 Å². The Hall–Kier alpha value is -0.340. The predicted octanol–water partition coefficient (Wildman–Crippen LogP) is 2.17. The van der Waals surface area contributed by atoms with Gasteiger partial charge in [-0.15, -0.1) is 0 Å². The Kier molecular flexibility index (Phi) is 6.74. The van der Waals surface area contributed by atoms with Gasteiger partial charge in [-0.2, -0.15) is 13.2 Å². The van der Waals surface area contributed by atoms with E-state index in [2.05, 4.69) is 10.0 Å². The van der Waals surface area contributed by atoms with E-state index in [9.17, 15) is 21.6 Å². The smallest absolute Gasteiger partial charge is 0.314 e. The summed E-state index contributed by atoms with van der Waals surface area (Å²) in [6, 6.07) is 0.284. The molecule has 0 aromatic heterocycles. The Morgan fingerprint density at radius 2 is 1.65 bits per heavy atom. The van der Waals surface area contributed by atoms with Crippen molar-refractivity contribution in [3.63, 3.8) is 0 Å². The first-order valence-electron chi connectivity index (χ1n) is 7.02. The highest BCUT2D eigenvalue weighted by Crippen LogP contribution is 2.22. The quantitative estimate of drug-likeness (QED) is 0.757. The third kappa shape index (κ3) is 7.44. The number of hydrogen-bond acceptors (Lipinski definition) is 3. The molecule has 0 amide bonds. The normalized spacial score (nSPS) is 24.8. The van der Waals surface area contributed by atoms with E-state index in [0.29, 0.717) is 6.04 Å². The highest BCUT2D eigenvalue weighted by atomic mass is 32.2. The summed E-state index contributed by atoms with van der Waals surface area (Å²) in [7, 11) is -3.60. The Balaban J connectivity index is 2.29. The summed E-state index contributed by atoms with van der Waals surface area (Å²) < 4.78 is 61.9. The van der Waals surface area contributed by atoms with E-state index in [1.165, 1.54) is 0 Å². The van der Waals surface area contributed by atoms with E-state index in [1.54, 1.807) is 0 Å². The van der Waals surface area contributed by atoms with Crippen molar-refractivity contribution in [2.45, 2.75) is 63.7 Å². The van der Waals surface area contributed by atoms with Crippen LogP contribution in [0.1, 0.15) is 45.4 Å². The SMILES string of the molecule is CCNC1CCC(NS(=O)(=O)CCCC(F)(F)F)CC1. The van der Waals surface area contributed by atoms with Gasteiger partial charge in [-0.1, -0.05) is 6.92 Å². The van der Waals surface area contributed by atoms with E-state index in [4.69, 9.17) is 0 Å². The topological polar surface area (TPSA) is 58.2 Å². The Morgan fingerprint density at radius 1 is 1.10 bits per heavy atom. The number of hydrogen-bond donors (Lipinski definition) is 2. The van der Waals surface area contributed by atoms with Crippen LogP contribution >= 0.6 is 0 Å². The minimum Gasteiger partial charge on any atom is -0.314 e. The van der Waals surface area contributed by atoms with Gasteiger partial charge in [0.15, 0.2) is 0 Å². The van der Waals surface area contributed by atoms with Gasteiger partial charge in [0.05, 0.1) is 5.75 Å². The van der Waals surface area contributed by atoms with Gasteiger partial charge in [0.25, 0.3) is 0 Å². The molecule has 1 aliphatic carbocycles. The van der Waals surface area contributed by atoms with Crippen LogP contribution in [-0.4, -0.2) is 39.0 Å². The summed E-state index contributed by atoms with van der Waals surface area (Å²) in [5.41, 5.74) is 0. The summed E-state index contributed by atoms with van der Waals surface area (Å²) >= 11 is 0. The van der Waals surface area contributed by atoms with Gasteiger partial charge in [0.1, 0.15) is 0 Å². The third-order valence-corrected chi connectivity index (χ3v) is 4.96. The van der Waals surface area contributed by atoms with Gasteiger partial charge < -0.3 is 5.32 Å². The van der Waals surface area contributed by atoms with E-state index in [1.807, 2.05) is 6.92 Å². The molecule has 4 nitrogen and oxygen atoms in total. The molecule has 0 atom stereocenters. The molecule has 120 valence electrons. The van der Waals surface area contributed by atoms with Crippen LogP contribution in [0.3, 0.4) is 0 Å². The molecule has 0 saturated heterocycles. The summed E-state index contributed by atoms with van der Waals surface area (Å²) in [6.45, 7) is 2.91. The molecule has 20 heavy (non-hydrogen) atoms. The van der Waals surface area contributed by atoms with Crippen molar-refractivity contribution in [1.29, 1.82) is 0 Å². The van der Waals surface area contributed by atoms with Crippen LogP contribution in [-0.2, 0) is 10.0 Å². The molecule has 1 saturated carbocycles. The fraction of sp³-hybridized carbons (Fsp3) is 1.00. The average Bonchev–Trinajstić information content (AvgIpc) is 2.29. The zero-order valence-corrected chi connectivity index (χ0v) is 12.5. The summed E-state index contributed by atoms with van der Waals surface area (Å²) in [5.74, 6) is -0.459.